The SMILES string of the molecule is COc1cc(N2CCC(C)C2C(=O)O)ccn1. The highest BCUT2D eigenvalue weighted by Crippen LogP contribution is 2.30. The second-order valence-corrected chi connectivity index (χ2v) is 4.30. The molecule has 1 aromatic rings. The molecule has 5 heteroatoms. The molecule has 1 saturated heterocycles. The molecule has 17 heavy (non-hydrogen) atoms. The maximum atomic E-state index is 11.3. The monoisotopic (exact) mass is 236 g/mol. The Bertz CT molecular complexity index is 422. The van der Waals surface area contributed by atoms with Gasteiger partial charge in [-0.3, -0.25) is 0 Å². The molecule has 0 spiro atoms. The van der Waals surface area contributed by atoms with E-state index in [1.165, 1.54) is 0 Å². The molecule has 0 aromatic carbocycles. The van der Waals surface area contributed by atoms with Gasteiger partial charge in [0.05, 0.1) is 7.11 Å². The van der Waals surface area contributed by atoms with Gasteiger partial charge in [0.2, 0.25) is 5.88 Å². The first-order valence-electron chi connectivity index (χ1n) is 5.63. The molecule has 1 N–H and O–H groups in total. The molecule has 0 bridgehead atoms. The first kappa shape index (κ1) is 11.7. The molecule has 1 fully saturated rings. The van der Waals surface area contributed by atoms with Gasteiger partial charge in [0.15, 0.2) is 0 Å². The van der Waals surface area contributed by atoms with Gasteiger partial charge in [-0.25, -0.2) is 9.78 Å². The Balaban J connectivity index is 2.29. The molecular formula is C12H16N2O3. The number of methoxy groups -OCH3 is 1. The highest BCUT2D eigenvalue weighted by atomic mass is 16.5. The van der Waals surface area contributed by atoms with Crippen molar-refractivity contribution in [3.63, 3.8) is 0 Å². The molecule has 0 saturated carbocycles. The Labute approximate surface area is 100 Å². The molecule has 0 amide bonds. The Hall–Kier alpha value is -1.78. The average molecular weight is 236 g/mol. The third-order valence-electron chi connectivity index (χ3n) is 3.21. The summed E-state index contributed by atoms with van der Waals surface area (Å²) in [7, 11) is 1.55. The number of hydrogen-bond acceptors (Lipinski definition) is 4. The Morgan fingerprint density at radius 2 is 2.41 bits per heavy atom. The van der Waals surface area contributed by atoms with Crippen LogP contribution in [0.3, 0.4) is 0 Å². The van der Waals surface area contributed by atoms with Gasteiger partial charge >= 0.3 is 5.97 Å². The number of rotatable bonds is 3. The predicted octanol–water partition coefficient (Wildman–Crippen LogP) is 1.39. The van der Waals surface area contributed by atoms with Crippen LogP contribution in [-0.2, 0) is 4.79 Å². The van der Waals surface area contributed by atoms with E-state index in [0.29, 0.717) is 5.88 Å². The van der Waals surface area contributed by atoms with Gasteiger partial charge in [-0.15, -0.1) is 0 Å². The fraction of sp³-hybridized carbons (Fsp3) is 0.500. The van der Waals surface area contributed by atoms with Gasteiger partial charge in [0.25, 0.3) is 0 Å². The molecule has 1 aliphatic heterocycles. The summed E-state index contributed by atoms with van der Waals surface area (Å²) in [6, 6.07) is 3.13. The van der Waals surface area contributed by atoms with E-state index in [-0.39, 0.29) is 5.92 Å². The fourth-order valence-corrected chi connectivity index (χ4v) is 2.30. The van der Waals surface area contributed by atoms with Crippen LogP contribution in [-0.4, -0.2) is 35.8 Å². The number of nitrogens with zero attached hydrogens (tertiary/aromatic N) is 2. The van der Waals surface area contributed by atoms with E-state index >= 15 is 0 Å². The molecule has 2 rings (SSSR count). The molecule has 0 aliphatic carbocycles. The Kier molecular flexibility index (Phi) is 3.17. The number of carbonyl (C=O) groups is 1. The number of carboxylic acid groups (broad SMARTS) is 1. The first-order valence-corrected chi connectivity index (χ1v) is 5.63. The van der Waals surface area contributed by atoms with Gasteiger partial charge in [-0.1, -0.05) is 6.92 Å². The summed E-state index contributed by atoms with van der Waals surface area (Å²) < 4.78 is 5.05. The number of pyridine rings is 1. The topological polar surface area (TPSA) is 62.7 Å². The van der Waals surface area contributed by atoms with Gasteiger partial charge < -0.3 is 14.7 Å². The second-order valence-electron chi connectivity index (χ2n) is 4.30. The minimum atomic E-state index is -0.772. The largest absolute Gasteiger partial charge is 0.481 e. The number of carboxylic acids is 1. The quantitative estimate of drug-likeness (QED) is 0.859. The maximum absolute atomic E-state index is 11.3. The lowest BCUT2D eigenvalue weighted by atomic mass is 10.0. The lowest BCUT2D eigenvalue weighted by Gasteiger charge is -2.25. The third-order valence-corrected chi connectivity index (χ3v) is 3.21. The van der Waals surface area contributed by atoms with Crippen molar-refractivity contribution in [1.82, 2.24) is 4.98 Å². The second kappa shape index (κ2) is 4.61. The van der Waals surface area contributed by atoms with E-state index < -0.39 is 12.0 Å². The molecule has 5 nitrogen and oxygen atoms in total. The van der Waals surface area contributed by atoms with Crippen molar-refractivity contribution < 1.29 is 14.6 Å². The number of aliphatic carboxylic acids is 1. The van der Waals surface area contributed by atoms with Crippen molar-refractivity contribution in [3.8, 4) is 5.88 Å². The summed E-state index contributed by atoms with van der Waals surface area (Å²) in [4.78, 5) is 17.2. The maximum Gasteiger partial charge on any atom is 0.326 e. The van der Waals surface area contributed by atoms with Crippen LogP contribution in [0.5, 0.6) is 5.88 Å². The van der Waals surface area contributed by atoms with Gasteiger partial charge in [-0.2, -0.15) is 0 Å². The molecule has 92 valence electrons. The first-order chi connectivity index (χ1) is 8.13. The van der Waals surface area contributed by atoms with E-state index in [2.05, 4.69) is 4.98 Å². The molecule has 1 aromatic heterocycles. The summed E-state index contributed by atoms with van der Waals surface area (Å²) >= 11 is 0. The molecular weight excluding hydrogens is 220 g/mol. The van der Waals surface area contributed by atoms with Gasteiger partial charge in [0.1, 0.15) is 6.04 Å². The van der Waals surface area contributed by atoms with Crippen LogP contribution in [0.4, 0.5) is 5.69 Å². The van der Waals surface area contributed by atoms with E-state index in [9.17, 15) is 9.90 Å². The molecule has 2 unspecified atom stereocenters. The zero-order valence-corrected chi connectivity index (χ0v) is 9.96. The Morgan fingerprint density at radius 3 is 3.06 bits per heavy atom. The van der Waals surface area contributed by atoms with Crippen LogP contribution in [0.1, 0.15) is 13.3 Å². The molecule has 2 atom stereocenters. The van der Waals surface area contributed by atoms with Crippen LogP contribution < -0.4 is 9.64 Å². The lowest BCUT2D eigenvalue weighted by molar-refractivity contribution is -0.139. The lowest BCUT2D eigenvalue weighted by Crippen LogP contribution is -2.39. The molecule has 2 heterocycles. The van der Waals surface area contributed by atoms with Crippen molar-refractivity contribution in [3.05, 3.63) is 18.3 Å². The van der Waals surface area contributed by atoms with E-state index in [0.717, 1.165) is 18.7 Å². The summed E-state index contributed by atoms with van der Waals surface area (Å²) in [5.41, 5.74) is 0.855. The summed E-state index contributed by atoms with van der Waals surface area (Å²) in [6.45, 7) is 2.72. The zero-order chi connectivity index (χ0) is 12.4. The zero-order valence-electron chi connectivity index (χ0n) is 9.96. The summed E-state index contributed by atoms with van der Waals surface area (Å²) in [6.07, 6.45) is 2.53. The van der Waals surface area contributed by atoms with Crippen molar-refractivity contribution in [1.29, 1.82) is 0 Å². The van der Waals surface area contributed by atoms with Crippen molar-refractivity contribution in [2.45, 2.75) is 19.4 Å². The summed E-state index contributed by atoms with van der Waals surface area (Å²) in [5.74, 6) is -0.108. The third kappa shape index (κ3) is 2.18. The van der Waals surface area contributed by atoms with Crippen LogP contribution in [0, 0.1) is 5.92 Å². The number of ether oxygens (including phenoxy) is 1. The summed E-state index contributed by atoms with van der Waals surface area (Å²) in [5, 5.41) is 9.25. The van der Waals surface area contributed by atoms with E-state index in [4.69, 9.17) is 4.74 Å². The molecule has 1 aliphatic rings. The van der Waals surface area contributed by atoms with Crippen LogP contribution in [0.15, 0.2) is 18.3 Å². The minimum absolute atomic E-state index is 0.159. The number of anilines is 1. The smallest absolute Gasteiger partial charge is 0.326 e. The molecule has 0 radical (unpaired) electrons. The number of aromatic nitrogens is 1. The highest BCUT2D eigenvalue weighted by molar-refractivity contribution is 5.79. The highest BCUT2D eigenvalue weighted by Gasteiger charge is 2.36. The number of hydrogen-bond donors (Lipinski definition) is 1. The van der Waals surface area contributed by atoms with E-state index in [1.54, 1.807) is 19.4 Å². The van der Waals surface area contributed by atoms with Crippen molar-refractivity contribution in [2.75, 3.05) is 18.6 Å². The van der Waals surface area contributed by atoms with Crippen LogP contribution >= 0.6 is 0 Å². The van der Waals surface area contributed by atoms with Crippen molar-refractivity contribution in [2.24, 2.45) is 5.92 Å². The van der Waals surface area contributed by atoms with Gasteiger partial charge in [-0.05, 0) is 18.4 Å². The van der Waals surface area contributed by atoms with Crippen molar-refractivity contribution >= 4 is 11.7 Å². The minimum Gasteiger partial charge on any atom is -0.481 e. The normalized spacial score (nSPS) is 23.8. The van der Waals surface area contributed by atoms with E-state index in [1.807, 2.05) is 17.9 Å². The van der Waals surface area contributed by atoms with Crippen LogP contribution in [0.2, 0.25) is 0 Å². The standard InChI is InChI=1S/C12H16N2O3/c1-8-4-6-14(11(8)12(15)16)9-3-5-13-10(7-9)17-2/h3,5,7-8,11H,4,6H2,1-2H3,(H,15,16). The average Bonchev–Trinajstić information content (AvgIpc) is 2.71. The fourth-order valence-electron chi connectivity index (χ4n) is 2.30. The van der Waals surface area contributed by atoms with Gasteiger partial charge in [0, 0.05) is 24.5 Å². The Morgan fingerprint density at radius 1 is 1.65 bits per heavy atom. The predicted molar refractivity (Wildman–Crippen MR) is 63.3 cm³/mol. The van der Waals surface area contributed by atoms with Crippen LogP contribution in [0.25, 0.3) is 0 Å².